The van der Waals surface area contributed by atoms with Crippen LogP contribution in [0.5, 0.6) is 5.75 Å². The number of ether oxygens (including phenoxy) is 1. The molecule has 0 spiro atoms. The van der Waals surface area contributed by atoms with Gasteiger partial charge in [-0.3, -0.25) is 0 Å². The number of nitrogens with zero attached hydrogens (tertiary/aromatic N) is 1. The number of rotatable bonds is 4. The van der Waals surface area contributed by atoms with E-state index in [1.54, 1.807) is 0 Å². The van der Waals surface area contributed by atoms with Gasteiger partial charge in [-0.2, -0.15) is 0 Å². The van der Waals surface area contributed by atoms with Gasteiger partial charge in [0.2, 0.25) is 0 Å². The first-order chi connectivity index (χ1) is 8.25. The van der Waals surface area contributed by atoms with Crippen molar-refractivity contribution in [3.8, 4) is 5.75 Å². The molecule has 0 bridgehead atoms. The first-order valence-corrected chi connectivity index (χ1v) is 6.72. The molecule has 2 rings (SSSR count). The van der Waals surface area contributed by atoms with Crippen LogP contribution < -0.4 is 4.74 Å². The molecule has 0 aliphatic carbocycles. The van der Waals surface area contributed by atoms with E-state index in [4.69, 9.17) is 16.3 Å². The van der Waals surface area contributed by atoms with E-state index < -0.39 is 0 Å². The van der Waals surface area contributed by atoms with E-state index in [2.05, 4.69) is 11.9 Å². The van der Waals surface area contributed by atoms with Gasteiger partial charge in [-0.15, -0.1) is 0 Å². The van der Waals surface area contributed by atoms with Crippen LogP contribution in [0.25, 0.3) is 0 Å². The average Bonchev–Trinajstić information content (AvgIpc) is 2.34. The van der Waals surface area contributed by atoms with E-state index in [0.29, 0.717) is 6.04 Å². The fourth-order valence-corrected chi connectivity index (χ4v) is 2.48. The molecule has 0 N–H and O–H groups in total. The van der Waals surface area contributed by atoms with Crippen LogP contribution >= 0.6 is 11.6 Å². The second kappa shape index (κ2) is 6.27. The number of hydrogen-bond acceptors (Lipinski definition) is 2. The van der Waals surface area contributed by atoms with Gasteiger partial charge in [0.15, 0.2) is 0 Å². The summed E-state index contributed by atoms with van der Waals surface area (Å²) in [5, 5.41) is 0.754. The first-order valence-electron chi connectivity index (χ1n) is 6.34. The van der Waals surface area contributed by atoms with E-state index in [0.717, 1.165) is 23.8 Å². The highest BCUT2D eigenvalue weighted by Gasteiger charge is 2.18. The van der Waals surface area contributed by atoms with Crippen LogP contribution in [0.1, 0.15) is 25.7 Å². The largest absolute Gasteiger partial charge is 0.494 e. The number of hydrogen-bond donors (Lipinski definition) is 0. The van der Waals surface area contributed by atoms with E-state index in [1.165, 1.54) is 25.8 Å². The number of benzene rings is 1. The van der Waals surface area contributed by atoms with Crippen LogP contribution in [-0.2, 0) is 0 Å². The number of piperidine rings is 1. The van der Waals surface area contributed by atoms with E-state index in [1.807, 2.05) is 24.3 Å². The minimum Gasteiger partial charge on any atom is -0.494 e. The lowest BCUT2D eigenvalue weighted by molar-refractivity contribution is 0.153. The Kier molecular flexibility index (Phi) is 4.69. The van der Waals surface area contributed by atoms with Crippen molar-refractivity contribution in [2.45, 2.75) is 31.7 Å². The van der Waals surface area contributed by atoms with E-state index in [9.17, 15) is 0 Å². The maximum Gasteiger partial charge on any atom is 0.119 e. The Labute approximate surface area is 109 Å². The molecule has 3 heteroatoms. The third-order valence-electron chi connectivity index (χ3n) is 3.45. The molecule has 0 radical (unpaired) electrons. The summed E-state index contributed by atoms with van der Waals surface area (Å²) in [7, 11) is 2.21. The van der Waals surface area contributed by atoms with Crippen molar-refractivity contribution in [2.24, 2.45) is 0 Å². The van der Waals surface area contributed by atoms with Crippen molar-refractivity contribution in [2.75, 3.05) is 20.2 Å². The summed E-state index contributed by atoms with van der Waals surface area (Å²) in [6, 6.07) is 8.27. The monoisotopic (exact) mass is 253 g/mol. The van der Waals surface area contributed by atoms with Crippen LogP contribution in [0.3, 0.4) is 0 Å². The second-order valence-electron chi connectivity index (χ2n) is 4.72. The molecule has 1 atom stereocenters. The van der Waals surface area contributed by atoms with Crippen molar-refractivity contribution in [1.29, 1.82) is 0 Å². The maximum atomic E-state index is 5.82. The van der Waals surface area contributed by atoms with Crippen LogP contribution in [-0.4, -0.2) is 31.1 Å². The van der Waals surface area contributed by atoms with E-state index in [-0.39, 0.29) is 0 Å². The molecule has 17 heavy (non-hydrogen) atoms. The summed E-state index contributed by atoms with van der Waals surface area (Å²) in [5.74, 6) is 0.910. The molecule has 1 aliphatic rings. The normalized spacial score (nSPS) is 21.4. The second-order valence-corrected chi connectivity index (χ2v) is 5.16. The van der Waals surface area contributed by atoms with Crippen LogP contribution in [0.4, 0.5) is 0 Å². The molecule has 1 unspecified atom stereocenters. The topological polar surface area (TPSA) is 12.5 Å². The lowest BCUT2D eigenvalue weighted by Crippen LogP contribution is -2.37. The SMILES string of the molecule is CN1CCCCC1CCOc1ccc(Cl)cc1. The van der Waals surface area contributed by atoms with Crippen molar-refractivity contribution in [1.82, 2.24) is 4.90 Å². The summed E-state index contributed by atoms with van der Waals surface area (Å²) >= 11 is 5.82. The quantitative estimate of drug-likeness (QED) is 0.813. The fraction of sp³-hybridized carbons (Fsp3) is 0.571. The van der Waals surface area contributed by atoms with Gasteiger partial charge < -0.3 is 9.64 Å². The zero-order valence-corrected chi connectivity index (χ0v) is 11.1. The van der Waals surface area contributed by atoms with Crippen molar-refractivity contribution in [3.05, 3.63) is 29.3 Å². The highest BCUT2D eigenvalue weighted by molar-refractivity contribution is 6.30. The predicted octanol–water partition coefficient (Wildman–Crippen LogP) is 3.59. The number of halogens is 1. The summed E-state index contributed by atoms with van der Waals surface area (Å²) in [5.41, 5.74) is 0. The fourth-order valence-electron chi connectivity index (χ4n) is 2.35. The Hall–Kier alpha value is -0.730. The zero-order valence-electron chi connectivity index (χ0n) is 10.4. The summed E-state index contributed by atoms with van der Waals surface area (Å²) in [6.07, 6.45) is 5.11. The predicted molar refractivity (Wildman–Crippen MR) is 71.8 cm³/mol. The Morgan fingerprint density at radius 3 is 2.76 bits per heavy atom. The third kappa shape index (κ3) is 3.90. The molecule has 94 valence electrons. The third-order valence-corrected chi connectivity index (χ3v) is 3.71. The summed E-state index contributed by atoms with van der Waals surface area (Å²) in [4.78, 5) is 2.45. The minimum absolute atomic E-state index is 0.691. The molecule has 1 fully saturated rings. The Morgan fingerprint density at radius 2 is 2.06 bits per heavy atom. The summed E-state index contributed by atoms with van der Waals surface area (Å²) < 4.78 is 5.73. The van der Waals surface area contributed by atoms with Crippen LogP contribution in [0, 0.1) is 0 Å². The van der Waals surface area contributed by atoms with Crippen molar-refractivity contribution < 1.29 is 4.74 Å². The smallest absolute Gasteiger partial charge is 0.119 e. The van der Waals surface area contributed by atoms with Gasteiger partial charge in [-0.25, -0.2) is 0 Å². The van der Waals surface area contributed by atoms with E-state index >= 15 is 0 Å². The Bertz CT molecular complexity index is 339. The lowest BCUT2D eigenvalue weighted by atomic mass is 10.0. The Balaban J connectivity index is 1.73. The molecular formula is C14H20ClNO. The zero-order chi connectivity index (χ0) is 12.1. The molecule has 0 amide bonds. The maximum absolute atomic E-state index is 5.82. The Morgan fingerprint density at radius 1 is 1.29 bits per heavy atom. The molecule has 1 aromatic rings. The van der Waals surface area contributed by atoms with Gasteiger partial charge in [0.1, 0.15) is 5.75 Å². The standard InChI is InChI=1S/C14H20ClNO/c1-16-10-3-2-4-13(16)9-11-17-14-7-5-12(15)6-8-14/h5-8,13H,2-4,9-11H2,1H3. The molecular weight excluding hydrogens is 234 g/mol. The molecule has 1 aliphatic heterocycles. The molecule has 1 saturated heterocycles. The average molecular weight is 254 g/mol. The summed E-state index contributed by atoms with van der Waals surface area (Å²) in [6.45, 7) is 2.02. The minimum atomic E-state index is 0.691. The highest BCUT2D eigenvalue weighted by atomic mass is 35.5. The molecule has 1 aromatic carbocycles. The highest BCUT2D eigenvalue weighted by Crippen LogP contribution is 2.19. The van der Waals surface area contributed by atoms with Gasteiger partial charge in [0.25, 0.3) is 0 Å². The molecule has 0 aromatic heterocycles. The van der Waals surface area contributed by atoms with Gasteiger partial charge in [-0.1, -0.05) is 18.0 Å². The van der Waals surface area contributed by atoms with Crippen LogP contribution in [0.15, 0.2) is 24.3 Å². The van der Waals surface area contributed by atoms with Gasteiger partial charge in [0.05, 0.1) is 6.61 Å². The molecule has 2 nitrogen and oxygen atoms in total. The van der Waals surface area contributed by atoms with Crippen LogP contribution in [0.2, 0.25) is 5.02 Å². The first kappa shape index (κ1) is 12.7. The van der Waals surface area contributed by atoms with Gasteiger partial charge in [-0.05, 0) is 57.1 Å². The molecule has 1 heterocycles. The molecule has 0 saturated carbocycles. The van der Waals surface area contributed by atoms with Crippen molar-refractivity contribution in [3.63, 3.8) is 0 Å². The lowest BCUT2D eigenvalue weighted by Gasteiger charge is -2.32. The van der Waals surface area contributed by atoms with Crippen molar-refractivity contribution >= 4 is 11.6 Å². The number of likely N-dealkylation sites (tertiary alicyclic amines) is 1. The van der Waals surface area contributed by atoms with Gasteiger partial charge >= 0.3 is 0 Å². The van der Waals surface area contributed by atoms with Gasteiger partial charge in [0, 0.05) is 11.1 Å².